The normalized spacial score (nSPS) is 12.2. The number of anilines is 1. The zero-order valence-electron chi connectivity index (χ0n) is 10.5. The first kappa shape index (κ1) is 12.5. The molecule has 1 unspecified atom stereocenters. The smallest absolute Gasteiger partial charge is 0.141 e. The predicted molar refractivity (Wildman–Crippen MR) is 71.0 cm³/mol. The monoisotopic (exact) mass is 245 g/mol. The fourth-order valence-corrected chi connectivity index (χ4v) is 1.79. The second-order valence-electron chi connectivity index (χ2n) is 4.40. The van der Waals surface area contributed by atoms with E-state index < -0.39 is 0 Å². The molecule has 0 radical (unpaired) electrons. The summed E-state index contributed by atoms with van der Waals surface area (Å²) in [6.07, 6.45) is 2.77. The van der Waals surface area contributed by atoms with Crippen LogP contribution in [0.1, 0.15) is 17.2 Å². The fraction of sp³-hybridized carbons (Fsp3) is 0.214. The molecule has 0 spiro atoms. The molecule has 0 fully saturated rings. The van der Waals surface area contributed by atoms with Crippen LogP contribution < -0.4 is 10.6 Å². The van der Waals surface area contributed by atoms with Crippen molar-refractivity contribution in [2.24, 2.45) is 5.73 Å². The zero-order chi connectivity index (χ0) is 13.1. The molecular weight excluding hydrogens is 229 g/mol. The first-order chi connectivity index (χ1) is 8.58. The van der Waals surface area contributed by atoms with Crippen LogP contribution in [0.25, 0.3) is 0 Å². The third kappa shape index (κ3) is 2.65. The molecule has 4 heteroatoms. The van der Waals surface area contributed by atoms with Crippen molar-refractivity contribution in [3.05, 3.63) is 59.7 Å². The van der Waals surface area contributed by atoms with Gasteiger partial charge in [0.05, 0.1) is 12.2 Å². The number of nitrogens with two attached hydrogens (primary N) is 1. The SMILES string of the molecule is CN(C)c1cccc(C(N)c2cncc(F)c2)c1. The van der Waals surface area contributed by atoms with Crippen LogP contribution in [0.5, 0.6) is 0 Å². The number of nitrogens with zero attached hydrogens (tertiary/aromatic N) is 2. The highest BCUT2D eigenvalue weighted by atomic mass is 19.1. The van der Waals surface area contributed by atoms with Gasteiger partial charge in [-0.15, -0.1) is 0 Å². The van der Waals surface area contributed by atoms with E-state index in [0.29, 0.717) is 5.56 Å². The molecule has 2 rings (SSSR count). The average Bonchev–Trinajstić information content (AvgIpc) is 2.38. The quantitative estimate of drug-likeness (QED) is 0.902. The molecule has 0 saturated heterocycles. The Morgan fingerprint density at radius 3 is 2.61 bits per heavy atom. The molecule has 0 bridgehead atoms. The minimum Gasteiger partial charge on any atom is -0.378 e. The molecule has 1 aromatic carbocycles. The van der Waals surface area contributed by atoms with E-state index in [1.807, 2.05) is 43.3 Å². The Bertz CT molecular complexity index is 540. The Hall–Kier alpha value is -1.94. The van der Waals surface area contributed by atoms with Gasteiger partial charge in [0.15, 0.2) is 0 Å². The zero-order valence-corrected chi connectivity index (χ0v) is 10.5. The first-order valence-corrected chi connectivity index (χ1v) is 5.71. The Morgan fingerprint density at radius 2 is 1.94 bits per heavy atom. The van der Waals surface area contributed by atoms with Crippen LogP contribution in [0.2, 0.25) is 0 Å². The van der Waals surface area contributed by atoms with E-state index in [0.717, 1.165) is 11.3 Å². The molecule has 2 aromatic rings. The van der Waals surface area contributed by atoms with Crippen molar-refractivity contribution < 1.29 is 4.39 Å². The first-order valence-electron chi connectivity index (χ1n) is 5.71. The van der Waals surface area contributed by atoms with Gasteiger partial charge in [-0.1, -0.05) is 12.1 Å². The van der Waals surface area contributed by atoms with Gasteiger partial charge in [0.1, 0.15) is 5.82 Å². The van der Waals surface area contributed by atoms with Gasteiger partial charge in [-0.2, -0.15) is 0 Å². The van der Waals surface area contributed by atoms with Crippen LogP contribution in [-0.2, 0) is 0 Å². The van der Waals surface area contributed by atoms with Crippen LogP contribution in [-0.4, -0.2) is 19.1 Å². The van der Waals surface area contributed by atoms with Gasteiger partial charge in [0, 0.05) is 26.0 Å². The summed E-state index contributed by atoms with van der Waals surface area (Å²) in [5.74, 6) is -0.369. The second kappa shape index (κ2) is 5.14. The Balaban J connectivity index is 2.33. The second-order valence-corrected chi connectivity index (χ2v) is 4.40. The topological polar surface area (TPSA) is 42.1 Å². The van der Waals surface area contributed by atoms with Crippen LogP contribution in [0.15, 0.2) is 42.7 Å². The molecule has 94 valence electrons. The largest absolute Gasteiger partial charge is 0.378 e. The van der Waals surface area contributed by atoms with E-state index in [4.69, 9.17) is 5.73 Å². The Morgan fingerprint density at radius 1 is 1.17 bits per heavy atom. The molecule has 18 heavy (non-hydrogen) atoms. The lowest BCUT2D eigenvalue weighted by atomic mass is 10.0. The molecule has 1 heterocycles. The fourth-order valence-electron chi connectivity index (χ4n) is 1.79. The summed E-state index contributed by atoms with van der Waals surface area (Å²) in [6.45, 7) is 0. The lowest BCUT2D eigenvalue weighted by Crippen LogP contribution is -2.14. The molecule has 1 atom stereocenters. The highest BCUT2D eigenvalue weighted by Crippen LogP contribution is 2.23. The summed E-state index contributed by atoms with van der Waals surface area (Å²) >= 11 is 0. The number of aromatic nitrogens is 1. The number of pyridine rings is 1. The van der Waals surface area contributed by atoms with Crippen molar-refractivity contribution in [1.29, 1.82) is 0 Å². The van der Waals surface area contributed by atoms with E-state index in [1.54, 1.807) is 6.20 Å². The Labute approximate surface area is 106 Å². The Kier molecular flexibility index (Phi) is 3.58. The third-order valence-electron chi connectivity index (χ3n) is 2.83. The van der Waals surface area contributed by atoms with Gasteiger partial charge in [-0.3, -0.25) is 4.98 Å². The summed E-state index contributed by atoms with van der Waals surface area (Å²) in [6, 6.07) is 8.92. The minimum absolute atomic E-state index is 0.368. The lowest BCUT2D eigenvalue weighted by Gasteiger charge is -2.17. The number of hydrogen-bond donors (Lipinski definition) is 1. The van der Waals surface area contributed by atoms with Crippen molar-refractivity contribution in [2.75, 3.05) is 19.0 Å². The van der Waals surface area contributed by atoms with Crippen LogP contribution in [0.3, 0.4) is 0 Å². The van der Waals surface area contributed by atoms with Crippen molar-refractivity contribution >= 4 is 5.69 Å². The molecule has 0 aliphatic carbocycles. The van der Waals surface area contributed by atoms with Gasteiger partial charge >= 0.3 is 0 Å². The van der Waals surface area contributed by atoms with Crippen LogP contribution in [0.4, 0.5) is 10.1 Å². The van der Waals surface area contributed by atoms with E-state index in [2.05, 4.69) is 4.98 Å². The number of hydrogen-bond acceptors (Lipinski definition) is 3. The average molecular weight is 245 g/mol. The molecule has 2 N–H and O–H groups in total. The minimum atomic E-state index is -0.369. The summed E-state index contributed by atoms with van der Waals surface area (Å²) in [4.78, 5) is 5.82. The maximum atomic E-state index is 13.1. The lowest BCUT2D eigenvalue weighted by molar-refractivity contribution is 0.616. The van der Waals surface area contributed by atoms with E-state index in [-0.39, 0.29) is 11.9 Å². The van der Waals surface area contributed by atoms with Crippen LogP contribution in [0, 0.1) is 5.82 Å². The van der Waals surface area contributed by atoms with Gasteiger partial charge in [0.25, 0.3) is 0 Å². The molecule has 3 nitrogen and oxygen atoms in total. The standard InChI is InChI=1S/C14H16FN3/c1-18(2)13-5-3-4-10(7-13)14(16)11-6-12(15)9-17-8-11/h3-9,14H,16H2,1-2H3. The van der Waals surface area contributed by atoms with Crippen LogP contribution >= 0.6 is 0 Å². The van der Waals surface area contributed by atoms with Gasteiger partial charge in [-0.05, 0) is 29.3 Å². The third-order valence-corrected chi connectivity index (χ3v) is 2.83. The highest BCUT2D eigenvalue weighted by molar-refractivity contribution is 5.49. The summed E-state index contributed by atoms with van der Waals surface area (Å²) in [5.41, 5.74) is 8.80. The number of halogens is 1. The van der Waals surface area contributed by atoms with E-state index in [9.17, 15) is 4.39 Å². The maximum Gasteiger partial charge on any atom is 0.141 e. The molecule has 0 aliphatic rings. The summed E-state index contributed by atoms with van der Waals surface area (Å²) in [5, 5.41) is 0. The van der Waals surface area contributed by atoms with Gasteiger partial charge < -0.3 is 10.6 Å². The molecule has 0 saturated carbocycles. The van der Waals surface area contributed by atoms with Crippen molar-refractivity contribution in [3.8, 4) is 0 Å². The van der Waals surface area contributed by atoms with Crippen molar-refractivity contribution in [1.82, 2.24) is 4.98 Å². The van der Waals surface area contributed by atoms with Crippen molar-refractivity contribution in [3.63, 3.8) is 0 Å². The molecule has 1 aromatic heterocycles. The molecule has 0 aliphatic heterocycles. The predicted octanol–water partition coefficient (Wildman–Crippen LogP) is 2.33. The van der Waals surface area contributed by atoms with E-state index >= 15 is 0 Å². The summed E-state index contributed by atoms with van der Waals surface area (Å²) < 4.78 is 13.1. The van der Waals surface area contributed by atoms with Gasteiger partial charge in [-0.25, -0.2) is 4.39 Å². The molecule has 0 amide bonds. The summed E-state index contributed by atoms with van der Waals surface area (Å²) in [7, 11) is 3.93. The highest BCUT2D eigenvalue weighted by Gasteiger charge is 2.11. The number of benzene rings is 1. The van der Waals surface area contributed by atoms with Gasteiger partial charge in [0.2, 0.25) is 0 Å². The molecular formula is C14H16FN3. The maximum absolute atomic E-state index is 13.1. The number of rotatable bonds is 3. The van der Waals surface area contributed by atoms with Crippen molar-refractivity contribution in [2.45, 2.75) is 6.04 Å². The van der Waals surface area contributed by atoms with E-state index in [1.165, 1.54) is 12.3 Å².